The van der Waals surface area contributed by atoms with Crippen LogP contribution in [0.4, 0.5) is 11.5 Å². The van der Waals surface area contributed by atoms with Crippen molar-refractivity contribution in [2.45, 2.75) is 38.6 Å². The molecule has 9 nitrogen and oxygen atoms in total. The number of rotatable bonds is 4. The maximum Gasteiger partial charge on any atom is 0.357 e. The number of carbonyl (C=O) groups excluding carboxylic acids is 1. The first-order chi connectivity index (χ1) is 11.6. The fourth-order valence-corrected chi connectivity index (χ4v) is 3.41. The van der Waals surface area contributed by atoms with Crippen LogP contribution in [0.25, 0.3) is 5.65 Å². The van der Waals surface area contributed by atoms with Gasteiger partial charge in [-0.2, -0.15) is 9.61 Å². The Bertz CT molecular complexity index is 842. The van der Waals surface area contributed by atoms with E-state index < -0.39 is 10.9 Å². The second-order valence-corrected chi connectivity index (χ2v) is 6.03. The lowest BCUT2D eigenvalue weighted by Crippen LogP contribution is -2.39. The van der Waals surface area contributed by atoms with E-state index in [0.717, 1.165) is 30.8 Å². The molecule has 0 atom stereocenters. The van der Waals surface area contributed by atoms with E-state index >= 15 is 0 Å². The lowest BCUT2D eigenvalue weighted by atomic mass is 9.92. The molecule has 3 heterocycles. The Kier molecular flexibility index (Phi) is 3.36. The van der Waals surface area contributed by atoms with E-state index in [-0.39, 0.29) is 23.6 Å². The van der Waals surface area contributed by atoms with Crippen molar-refractivity contribution < 1.29 is 14.5 Å². The zero-order chi connectivity index (χ0) is 16.8. The van der Waals surface area contributed by atoms with Crippen LogP contribution in [0.5, 0.6) is 0 Å². The number of hydrogen-bond donors (Lipinski definition) is 0. The lowest BCUT2D eigenvalue weighted by molar-refractivity contribution is -0.383. The van der Waals surface area contributed by atoms with Gasteiger partial charge in [-0.25, -0.2) is 9.78 Å². The molecule has 4 rings (SSSR count). The number of fused-ring (bicyclic) bond motifs is 3. The third-order valence-electron chi connectivity index (χ3n) is 4.76. The highest BCUT2D eigenvalue weighted by molar-refractivity contribution is 5.92. The fraction of sp³-hybridized carbons (Fsp3) is 0.533. The van der Waals surface area contributed by atoms with Gasteiger partial charge in [0.1, 0.15) is 12.0 Å². The van der Waals surface area contributed by atoms with Crippen LogP contribution in [0.15, 0.2) is 6.20 Å². The Hall–Kier alpha value is -2.71. The predicted molar refractivity (Wildman–Crippen MR) is 84.3 cm³/mol. The van der Waals surface area contributed by atoms with Crippen molar-refractivity contribution in [3.05, 3.63) is 27.6 Å². The number of aromatic nitrogens is 3. The molecule has 0 spiro atoms. The number of nitrogens with zero attached hydrogens (tertiary/aromatic N) is 5. The van der Waals surface area contributed by atoms with Gasteiger partial charge in [0.2, 0.25) is 5.65 Å². The predicted octanol–water partition coefficient (Wildman–Crippen LogP) is 1.73. The molecule has 2 aromatic rings. The molecular weight excluding hydrogens is 314 g/mol. The molecule has 0 N–H and O–H groups in total. The summed E-state index contributed by atoms with van der Waals surface area (Å²) in [7, 11) is 0. The van der Waals surface area contributed by atoms with E-state index in [0.29, 0.717) is 12.5 Å². The van der Waals surface area contributed by atoms with Gasteiger partial charge in [-0.15, -0.1) is 0 Å². The molecule has 2 aromatic heterocycles. The fourth-order valence-electron chi connectivity index (χ4n) is 3.41. The SMILES string of the molecule is CCOC(=O)c1nc2c([N+](=O)[O-])cnn2c2c1CCN2C1CCC1. The number of anilines is 1. The third-order valence-corrected chi connectivity index (χ3v) is 4.76. The van der Waals surface area contributed by atoms with Gasteiger partial charge in [-0.3, -0.25) is 10.1 Å². The largest absolute Gasteiger partial charge is 0.461 e. The van der Waals surface area contributed by atoms with E-state index in [1.165, 1.54) is 17.1 Å². The van der Waals surface area contributed by atoms with E-state index in [4.69, 9.17) is 4.74 Å². The number of carbonyl (C=O) groups is 1. The third kappa shape index (κ3) is 2.04. The van der Waals surface area contributed by atoms with Gasteiger partial charge in [0.05, 0.1) is 11.5 Å². The van der Waals surface area contributed by atoms with Gasteiger partial charge in [-0.05, 0) is 32.6 Å². The average Bonchev–Trinajstić information content (AvgIpc) is 3.08. The molecule has 0 aromatic carbocycles. The summed E-state index contributed by atoms with van der Waals surface area (Å²) >= 11 is 0. The van der Waals surface area contributed by atoms with Crippen LogP contribution in [0, 0.1) is 10.1 Å². The van der Waals surface area contributed by atoms with Crippen LogP contribution in [0.1, 0.15) is 42.2 Å². The summed E-state index contributed by atoms with van der Waals surface area (Å²) in [5, 5.41) is 15.4. The van der Waals surface area contributed by atoms with Crippen molar-refractivity contribution in [1.29, 1.82) is 0 Å². The molecule has 1 fully saturated rings. The van der Waals surface area contributed by atoms with E-state index in [2.05, 4.69) is 15.0 Å². The average molecular weight is 331 g/mol. The van der Waals surface area contributed by atoms with E-state index in [1.807, 2.05) is 0 Å². The smallest absolute Gasteiger partial charge is 0.357 e. The monoisotopic (exact) mass is 331 g/mol. The number of ether oxygens (including phenoxy) is 1. The quantitative estimate of drug-likeness (QED) is 0.477. The molecule has 9 heteroatoms. The minimum Gasteiger partial charge on any atom is -0.461 e. The molecule has 0 saturated heterocycles. The summed E-state index contributed by atoms with van der Waals surface area (Å²) in [6.45, 7) is 2.72. The van der Waals surface area contributed by atoms with Crippen molar-refractivity contribution in [3.63, 3.8) is 0 Å². The first kappa shape index (κ1) is 14.9. The molecule has 0 radical (unpaired) electrons. The molecule has 0 amide bonds. The molecule has 1 aliphatic heterocycles. The number of esters is 1. The van der Waals surface area contributed by atoms with Crippen molar-refractivity contribution in [1.82, 2.24) is 14.6 Å². The van der Waals surface area contributed by atoms with Gasteiger partial charge in [0, 0.05) is 18.2 Å². The highest BCUT2D eigenvalue weighted by atomic mass is 16.6. The minimum absolute atomic E-state index is 0.0908. The molecule has 1 aliphatic carbocycles. The van der Waals surface area contributed by atoms with Gasteiger partial charge in [0.25, 0.3) is 0 Å². The zero-order valence-corrected chi connectivity index (χ0v) is 13.3. The topological polar surface area (TPSA) is 103 Å². The summed E-state index contributed by atoms with van der Waals surface area (Å²) in [6.07, 6.45) is 5.20. The zero-order valence-electron chi connectivity index (χ0n) is 13.3. The Morgan fingerprint density at radius 3 is 2.92 bits per heavy atom. The lowest BCUT2D eigenvalue weighted by Gasteiger charge is -2.36. The second-order valence-electron chi connectivity index (χ2n) is 6.03. The van der Waals surface area contributed by atoms with Crippen molar-refractivity contribution in [3.8, 4) is 0 Å². The van der Waals surface area contributed by atoms with Crippen LogP contribution in [0.3, 0.4) is 0 Å². The maximum atomic E-state index is 12.3. The Morgan fingerprint density at radius 2 is 2.29 bits per heavy atom. The van der Waals surface area contributed by atoms with E-state index in [1.54, 1.807) is 6.92 Å². The molecule has 1 saturated carbocycles. The molecule has 126 valence electrons. The molecule has 24 heavy (non-hydrogen) atoms. The number of nitro groups is 1. The van der Waals surface area contributed by atoms with Crippen molar-refractivity contribution in [2.24, 2.45) is 0 Å². The summed E-state index contributed by atoms with van der Waals surface area (Å²) in [6, 6.07) is 0.398. The van der Waals surface area contributed by atoms with Gasteiger partial charge >= 0.3 is 11.7 Å². The van der Waals surface area contributed by atoms with Gasteiger partial charge in [-0.1, -0.05) is 0 Å². The van der Waals surface area contributed by atoms with Crippen LogP contribution < -0.4 is 4.90 Å². The van der Waals surface area contributed by atoms with Crippen LogP contribution in [-0.4, -0.2) is 44.7 Å². The Morgan fingerprint density at radius 1 is 1.50 bits per heavy atom. The Labute approximate surface area is 137 Å². The highest BCUT2D eigenvalue weighted by Gasteiger charge is 2.37. The summed E-state index contributed by atoms with van der Waals surface area (Å²) in [4.78, 5) is 29.5. The summed E-state index contributed by atoms with van der Waals surface area (Å²) in [5.41, 5.74) is 0.826. The summed E-state index contributed by atoms with van der Waals surface area (Å²) < 4.78 is 6.60. The normalized spacial score (nSPS) is 17.0. The van der Waals surface area contributed by atoms with Crippen LogP contribution >= 0.6 is 0 Å². The Balaban J connectivity index is 1.94. The standard InChI is InChI=1S/C15H17N5O4/c1-2-24-15(21)12-10-6-7-18(9-4-3-5-9)14(10)19-13(17-12)11(8-16-19)20(22)23/h8-9H,2-7H2,1H3. The molecular formula is C15H17N5O4. The van der Waals surface area contributed by atoms with Gasteiger partial charge < -0.3 is 9.64 Å². The summed E-state index contributed by atoms with van der Waals surface area (Å²) in [5.74, 6) is 0.211. The molecule has 0 unspecified atom stereocenters. The first-order valence-electron chi connectivity index (χ1n) is 8.10. The first-order valence-corrected chi connectivity index (χ1v) is 8.10. The highest BCUT2D eigenvalue weighted by Crippen LogP contribution is 2.38. The molecule has 2 aliphatic rings. The van der Waals surface area contributed by atoms with Crippen molar-refractivity contribution >= 4 is 23.1 Å². The van der Waals surface area contributed by atoms with Gasteiger partial charge in [0.15, 0.2) is 5.69 Å². The van der Waals surface area contributed by atoms with Crippen LogP contribution in [-0.2, 0) is 11.2 Å². The maximum absolute atomic E-state index is 12.3. The van der Waals surface area contributed by atoms with E-state index in [9.17, 15) is 14.9 Å². The number of hydrogen-bond acceptors (Lipinski definition) is 7. The minimum atomic E-state index is -0.540. The molecule has 0 bridgehead atoms. The second kappa shape index (κ2) is 5.43. The van der Waals surface area contributed by atoms with Crippen LogP contribution in [0.2, 0.25) is 0 Å². The van der Waals surface area contributed by atoms with Crippen molar-refractivity contribution in [2.75, 3.05) is 18.1 Å².